The fourth-order valence-corrected chi connectivity index (χ4v) is 1.59. The average Bonchev–Trinajstić information content (AvgIpc) is 2.93. The standard InChI is InChI=1S/C6H14O.C6H14.C6H10.2C5H9N.C4H8N2/c1-3-5-7-6-4-2;2*1-3-5-6-4-2;1-3-4-5-6-2;1-3-5-6-4-2;1-3-4-6-5-2/h3-6H2,1-2H3;3-6H2,1-2H3;3-6H,1-2H3;2*3-5H,1-2H3;3-4H,1-2H3/b;;5-3-,6-4-;4-3-,6-5?;5-3-,6-4?;4-3-,6-5?. The minimum Gasteiger partial charge on any atom is -0.381 e. The highest BCUT2D eigenvalue weighted by molar-refractivity contribution is 5.70. The molecule has 0 spiro atoms. The zero-order valence-corrected chi connectivity index (χ0v) is 26.8. The van der Waals surface area contributed by atoms with E-state index in [9.17, 15) is 0 Å². The molecule has 0 saturated carbocycles. The molecule has 5 nitrogen and oxygen atoms in total. The highest BCUT2D eigenvalue weighted by Crippen LogP contribution is 1.95. The minimum absolute atomic E-state index is 0.924. The van der Waals surface area contributed by atoms with Crippen molar-refractivity contribution in [2.45, 2.75) is 108 Å². The van der Waals surface area contributed by atoms with Gasteiger partial charge in [0, 0.05) is 52.1 Å². The van der Waals surface area contributed by atoms with E-state index in [1.165, 1.54) is 25.7 Å². The number of nitrogens with zero attached hydrogens (tertiary/aromatic N) is 4. The molecular weight excluding hydrogens is 456 g/mol. The Kier molecular flexibility index (Phi) is 90.2. The Balaban J connectivity index is -0.0000000780. The third-order valence-electron chi connectivity index (χ3n) is 3.29. The fraction of sp³-hybridized carbons (Fsp3) is 0.625. The van der Waals surface area contributed by atoms with Gasteiger partial charge in [0.25, 0.3) is 0 Å². The molecule has 0 N–H and O–H groups in total. The predicted molar refractivity (Wildman–Crippen MR) is 175 cm³/mol. The number of hydrogen-bond acceptors (Lipinski definition) is 5. The molecule has 0 aromatic carbocycles. The van der Waals surface area contributed by atoms with E-state index < -0.39 is 0 Å². The van der Waals surface area contributed by atoms with Crippen molar-refractivity contribution >= 4 is 12.4 Å². The van der Waals surface area contributed by atoms with Crippen LogP contribution in [-0.2, 0) is 4.74 Å². The van der Waals surface area contributed by atoms with E-state index in [0.717, 1.165) is 26.1 Å². The highest BCUT2D eigenvalue weighted by atomic mass is 16.5. The van der Waals surface area contributed by atoms with Crippen molar-refractivity contribution in [3.8, 4) is 0 Å². The van der Waals surface area contributed by atoms with Gasteiger partial charge in [-0.15, -0.1) is 0 Å². The number of azo groups is 1. The third-order valence-corrected chi connectivity index (χ3v) is 3.29. The Morgan fingerprint density at radius 3 is 1.22 bits per heavy atom. The van der Waals surface area contributed by atoms with Gasteiger partial charge in [0.1, 0.15) is 0 Å². The van der Waals surface area contributed by atoms with Crippen molar-refractivity contribution in [2.24, 2.45) is 20.2 Å². The third kappa shape index (κ3) is 122. The summed E-state index contributed by atoms with van der Waals surface area (Å²) in [5.74, 6) is 0. The number of unbranched alkanes of at least 4 members (excludes halogenated alkanes) is 3. The van der Waals surface area contributed by atoms with E-state index in [4.69, 9.17) is 4.74 Å². The van der Waals surface area contributed by atoms with Gasteiger partial charge in [0.2, 0.25) is 0 Å². The monoisotopic (exact) mass is 521 g/mol. The van der Waals surface area contributed by atoms with Gasteiger partial charge in [-0.05, 0) is 60.5 Å². The molecule has 0 aliphatic heterocycles. The van der Waals surface area contributed by atoms with E-state index in [0.29, 0.717) is 0 Å². The summed E-state index contributed by atoms with van der Waals surface area (Å²) in [5.41, 5.74) is 0. The average molecular weight is 521 g/mol. The normalized spacial score (nSPS) is 10.8. The van der Waals surface area contributed by atoms with Crippen LogP contribution in [0.2, 0.25) is 0 Å². The molecule has 0 aliphatic rings. The largest absolute Gasteiger partial charge is 0.381 e. The van der Waals surface area contributed by atoms with E-state index in [2.05, 4.69) is 47.9 Å². The minimum atomic E-state index is 0.924. The SMILES string of the molecule is C/C=C\C=C/C.C/C=C\C=NC.C/C=C\N=NC.CC=N/C=C\C.CCCCCC.CCCOCCC. The zero-order valence-electron chi connectivity index (χ0n) is 26.8. The summed E-state index contributed by atoms with van der Waals surface area (Å²) in [6.07, 6.45) is 30.2. The Hall–Kier alpha value is -2.40. The second-order valence-electron chi connectivity index (χ2n) is 6.99. The summed E-state index contributed by atoms with van der Waals surface area (Å²) in [6.45, 7) is 22.2. The Labute approximate surface area is 233 Å². The second kappa shape index (κ2) is 69.9. The van der Waals surface area contributed by atoms with Crippen LogP contribution in [0.4, 0.5) is 0 Å². The first kappa shape index (κ1) is 47.8. The molecule has 0 atom stereocenters. The first-order valence-corrected chi connectivity index (χ1v) is 13.8. The quantitative estimate of drug-likeness (QED) is 0.116. The molecule has 0 heterocycles. The van der Waals surface area contributed by atoms with Gasteiger partial charge in [-0.3, -0.25) is 9.98 Å². The Morgan fingerprint density at radius 1 is 0.568 bits per heavy atom. The van der Waals surface area contributed by atoms with Crippen LogP contribution in [0.25, 0.3) is 0 Å². The van der Waals surface area contributed by atoms with Gasteiger partial charge >= 0.3 is 0 Å². The first-order chi connectivity index (χ1) is 18.0. The molecule has 0 aromatic heterocycles. The van der Waals surface area contributed by atoms with Crippen LogP contribution in [0, 0.1) is 0 Å². The van der Waals surface area contributed by atoms with Crippen molar-refractivity contribution in [1.82, 2.24) is 0 Å². The van der Waals surface area contributed by atoms with E-state index in [1.807, 2.05) is 90.2 Å². The van der Waals surface area contributed by atoms with Crippen LogP contribution >= 0.6 is 0 Å². The lowest BCUT2D eigenvalue weighted by atomic mass is 10.2. The van der Waals surface area contributed by atoms with Crippen molar-refractivity contribution in [2.75, 3.05) is 27.3 Å². The summed E-state index contributed by atoms with van der Waals surface area (Å²) < 4.78 is 5.13. The molecule has 37 heavy (non-hydrogen) atoms. The smallest absolute Gasteiger partial charge is 0.0491 e. The first-order valence-electron chi connectivity index (χ1n) is 13.8. The molecule has 0 amide bonds. The number of ether oxygens (including phenoxy) is 1. The van der Waals surface area contributed by atoms with E-state index in [1.54, 1.807) is 38.9 Å². The number of rotatable bonds is 11. The van der Waals surface area contributed by atoms with Crippen molar-refractivity contribution < 1.29 is 4.74 Å². The van der Waals surface area contributed by atoms with Gasteiger partial charge in [0.15, 0.2) is 0 Å². The fourth-order valence-electron chi connectivity index (χ4n) is 1.59. The maximum Gasteiger partial charge on any atom is 0.0491 e. The zero-order chi connectivity index (χ0) is 29.7. The summed E-state index contributed by atoms with van der Waals surface area (Å²) in [5, 5.41) is 7.00. The summed E-state index contributed by atoms with van der Waals surface area (Å²) in [7, 11) is 3.39. The molecule has 0 aromatic rings. The molecule has 0 radical (unpaired) electrons. The maximum atomic E-state index is 5.13. The molecule has 0 aliphatic carbocycles. The van der Waals surface area contributed by atoms with Gasteiger partial charge in [-0.25, -0.2) is 0 Å². The Bertz CT molecular complexity index is 415. The van der Waals surface area contributed by atoms with E-state index in [-0.39, 0.29) is 0 Å². The summed E-state index contributed by atoms with van der Waals surface area (Å²) in [6, 6.07) is 0. The van der Waals surface area contributed by atoms with Gasteiger partial charge in [-0.1, -0.05) is 95.9 Å². The topological polar surface area (TPSA) is 58.7 Å². The van der Waals surface area contributed by atoms with Crippen molar-refractivity contribution in [3.05, 3.63) is 61.0 Å². The van der Waals surface area contributed by atoms with Crippen LogP contribution in [-0.4, -0.2) is 39.7 Å². The molecule has 0 rings (SSSR count). The lowest BCUT2D eigenvalue weighted by molar-refractivity contribution is 0.135. The Morgan fingerprint density at radius 2 is 1.03 bits per heavy atom. The number of allylic oxidation sites excluding steroid dienone is 8. The van der Waals surface area contributed by atoms with Crippen LogP contribution in [0.3, 0.4) is 0 Å². The summed E-state index contributed by atoms with van der Waals surface area (Å²) in [4.78, 5) is 7.50. The summed E-state index contributed by atoms with van der Waals surface area (Å²) >= 11 is 0. The molecule has 0 saturated heterocycles. The molecule has 5 heteroatoms. The van der Waals surface area contributed by atoms with Crippen molar-refractivity contribution in [1.29, 1.82) is 0 Å². The number of aliphatic imine (C=N–C) groups is 2. The molecule has 0 unspecified atom stereocenters. The van der Waals surface area contributed by atoms with E-state index >= 15 is 0 Å². The maximum absolute atomic E-state index is 5.13. The lowest BCUT2D eigenvalue weighted by Gasteiger charge is -1.95. The highest BCUT2D eigenvalue weighted by Gasteiger charge is 1.78. The van der Waals surface area contributed by atoms with Crippen LogP contribution in [0.1, 0.15) is 108 Å². The van der Waals surface area contributed by atoms with Crippen LogP contribution in [0.5, 0.6) is 0 Å². The number of hydrogen-bond donors (Lipinski definition) is 0. The van der Waals surface area contributed by atoms with Gasteiger partial charge in [0.05, 0.1) is 0 Å². The second-order valence-corrected chi connectivity index (χ2v) is 6.99. The molecule has 0 fully saturated rings. The molecule has 0 bridgehead atoms. The molecule has 218 valence electrons. The van der Waals surface area contributed by atoms with Gasteiger partial charge in [-0.2, -0.15) is 10.2 Å². The predicted octanol–water partition coefficient (Wildman–Crippen LogP) is 11.0. The van der Waals surface area contributed by atoms with Crippen molar-refractivity contribution in [3.63, 3.8) is 0 Å². The van der Waals surface area contributed by atoms with Gasteiger partial charge < -0.3 is 4.74 Å². The lowest BCUT2D eigenvalue weighted by Crippen LogP contribution is -1.92. The van der Waals surface area contributed by atoms with Crippen LogP contribution in [0.15, 0.2) is 81.2 Å². The van der Waals surface area contributed by atoms with Crippen LogP contribution < -0.4 is 0 Å². The molecular formula is C32H64N4O.